The molecule has 4 aromatic rings. The number of phenols is 1. The topological polar surface area (TPSA) is 103 Å². The first-order valence-corrected chi connectivity index (χ1v) is 13.5. The van der Waals surface area contributed by atoms with Crippen molar-refractivity contribution in [3.8, 4) is 34.0 Å². The fourth-order valence-corrected chi connectivity index (χ4v) is 4.51. The number of rotatable bonds is 5. The zero-order valence-corrected chi connectivity index (χ0v) is 23.9. The van der Waals surface area contributed by atoms with E-state index < -0.39 is 30.8 Å². The fourth-order valence-electron chi connectivity index (χ4n) is 4.51. The summed E-state index contributed by atoms with van der Waals surface area (Å²) in [7, 11) is 1.45. The summed E-state index contributed by atoms with van der Waals surface area (Å²) in [5.41, 5.74) is 2.42. The first kappa shape index (κ1) is 30.6. The third kappa shape index (κ3) is 7.68. The molecule has 1 atom stereocenters. The highest BCUT2D eigenvalue weighted by molar-refractivity contribution is 5.97. The second kappa shape index (κ2) is 13.1. The van der Waals surface area contributed by atoms with Gasteiger partial charge >= 0.3 is 6.09 Å². The van der Waals surface area contributed by atoms with Gasteiger partial charge in [-0.1, -0.05) is 30.3 Å². The molecule has 9 nitrogen and oxygen atoms in total. The predicted molar refractivity (Wildman–Crippen MR) is 152 cm³/mol. The number of fused-ring (bicyclic) bond motifs is 1. The van der Waals surface area contributed by atoms with E-state index in [1.165, 1.54) is 35.3 Å². The number of benzene rings is 2. The number of hydrogen-bond acceptors (Lipinski definition) is 7. The molecule has 1 fully saturated rings. The Bertz CT molecular complexity index is 1510. The number of hydrogen-bond donors (Lipinski definition) is 1. The number of carbonyl (C=O) groups excluding carboxylic acids is 1. The lowest BCUT2D eigenvalue weighted by Crippen LogP contribution is -2.43. The number of methoxy groups -OCH3 is 1. The summed E-state index contributed by atoms with van der Waals surface area (Å²) in [4.78, 5) is 21.5. The quantitative estimate of drug-likeness (QED) is 0.285. The maximum atomic E-state index is 13.0. The number of likely N-dealkylation sites (tertiary alicyclic amines) is 1. The number of piperidine rings is 1. The molecule has 12 heteroatoms. The summed E-state index contributed by atoms with van der Waals surface area (Å²) in [5, 5.41) is 15.1. The molecule has 1 amide bonds. The molecular formula is C30H34F3N5O4. The lowest BCUT2D eigenvalue weighted by Gasteiger charge is -2.31. The number of amides is 1. The van der Waals surface area contributed by atoms with Gasteiger partial charge in [0.15, 0.2) is 11.5 Å². The van der Waals surface area contributed by atoms with Crippen LogP contribution in [0.1, 0.15) is 33.6 Å². The summed E-state index contributed by atoms with van der Waals surface area (Å²) in [6.07, 6.45) is 0.368. The summed E-state index contributed by atoms with van der Waals surface area (Å²) < 4.78 is 50.3. The Morgan fingerprint density at radius 2 is 1.88 bits per heavy atom. The van der Waals surface area contributed by atoms with Gasteiger partial charge in [-0.2, -0.15) is 5.10 Å². The van der Waals surface area contributed by atoms with Gasteiger partial charge in [-0.05, 0) is 39.7 Å². The van der Waals surface area contributed by atoms with E-state index in [0.29, 0.717) is 40.8 Å². The highest BCUT2D eigenvalue weighted by Gasteiger charge is 2.27. The fraction of sp³-hybridized carbons (Fsp3) is 0.400. The van der Waals surface area contributed by atoms with Gasteiger partial charge in [-0.25, -0.2) is 27.9 Å². The van der Waals surface area contributed by atoms with Crippen LogP contribution in [0.25, 0.3) is 33.4 Å². The first-order valence-electron chi connectivity index (χ1n) is 13.5. The molecule has 0 saturated carbocycles. The number of phenolic OH excluding ortho intramolecular Hbond substituents is 1. The largest absolute Gasteiger partial charge is 0.504 e. The molecular weight excluding hydrogens is 551 g/mol. The number of aromatic nitrogens is 4. The van der Waals surface area contributed by atoms with Gasteiger partial charge in [0.2, 0.25) is 0 Å². The van der Waals surface area contributed by atoms with Gasteiger partial charge in [0.25, 0.3) is 6.43 Å². The number of aromatic hydroxyl groups is 1. The average molecular weight is 586 g/mol. The zero-order valence-electron chi connectivity index (χ0n) is 23.9. The summed E-state index contributed by atoms with van der Waals surface area (Å²) in [5.74, 6) is 0.223. The van der Waals surface area contributed by atoms with Crippen molar-refractivity contribution in [3.63, 3.8) is 0 Å². The van der Waals surface area contributed by atoms with E-state index >= 15 is 0 Å². The minimum Gasteiger partial charge on any atom is -0.504 e. The van der Waals surface area contributed by atoms with Crippen LogP contribution < -0.4 is 4.74 Å². The smallest absolute Gasteiger partial charge is 0.410 e. The molecule has 1 unspecified atom stereocenters. The summed E-state index contributed by atoms with van der Waals surface area (Å²) in [6, 6.07) is 12.4. The van der Waals surface area contributed by atoms with Gasteiger partial charge in [-0.15, -0.1) is 0 Å². The van der Waals surface area contributed by atoms with Crippen molar-refractivity contribution in [2.75, 3.05) is 20.2 Å². The van der Waals surface area contributed by atoms with E-state index in [9.17, 15) is 23.1 Å². The Morgan fingerprint density at radius 1 is 1.14 bits per heavy atom. The molecule has 5 rings (SSSR count). The molecule has 0 spiro atoms. The number of halogens is 3. The van der Waals surface area contributed by atoms with Crippen molar-refractivity contribution in [1.29, 1.82) is 0 Å². The van der Waals surface area contributed by atoms with Crippen LogP contribution in [0, 0.1) is 0 Å². The standard InChI is InChI=1S/C20H16F2N4O2.C10H18FNO2/c1-28-17-8-15-13(7-16(17)27)20(24-11-23-15)14-9-26(10-18(21)22)25-19(14)12-5-3-2-4-6-12;1-10(2,3)14-9(13)12-6-4-5-8(11)7-12/h2-9,11,18,27H,10H2,1H3;8H,4-7H2,1-3H3. The average Bonchev–Trinajstić information content (AvgIpc) is 3.35. The van der Waals surface area contributed by atoms with E-state index in [0.717, 1.165) is 12.0 Å². The van der Waals surface area contributed by atoms with E-state index in [-0.39, 0.29) is 18.0 Å². The summed E-state index contributed by atoms with van der Waals surface area (Å²) >= 11 is 0. The lowest BCUT2D eigenvalue weighted by molar-refractivity contribution is 0.0139. The SMILES string of the molecule is CC(C)(C)OC(=O)N1CCCC(F)C1.COc1cc2ncnc(-c3cn(CC(F)F)nc3-c3ccccc3)c2cc1O. The van der Waals surface area contributed by atoms with Crippen LogP contribution in [0.3, 0.4) is 0 Å². The Hall–Kier alpha value is -4.35. The zero-order chi connectivity index (χ0) is 30.4. The van der Waals surface area contributed by atoms with Crippen LogP contribution in [-0.2, 0) is 11.3 Å². The van der Waals surface area contributed by atoms with Crippen molar-refractivity contribution in [2.24, 2.45) is 0 Å². The minimum atomic E-state index is -2.54. The molecule has 0 bridgehead atoms. The van der Waals surface area contributed by atoms with Gasteiger partial charge in [0.1, 0.15) is 30.3 Å². The molecule has 1 N–H and O–H groups in total. The minimum absolute atomic E-state index is 0.0627. The molecule has 0 aliphatic carbocycles. The highest BCUT2D eigenvalue weighted by Crippen LogP contribution is 2.37. The van der Waals surface area contributed by atoms with Crippen LogP contribution in [0.2, 0.25) is 0 Å². The Labute approximate surface area is 241 Å². The van der Waals surface area contributed by atoms with Crippen molar-refractivity contribution in [3.05, 3.63) is 55.0 Å². The van der Waals surface area contributed by atoms with Gasteiger partial charge in [0.05, 0.1) is 24.9 Å². The molecule has 1 saturated heterocycles. The van der Waals surface area contributed by atoms with Crippen molar-refractivity contribution in [2.45, 2.75) is 58.4 Å². The van der Waals surface area contributed by atoms with Crippen molar-refractivity contribution < 1.29 is 32.5 Å². The third-order valence-corrected chi connectivity index (χ3v) is 6.34. The van der Waals surface area contributed by atoms with E-state index in [1.54, 1.807) is 6.07 Å². The first-order chi connectivity index (χ1) is 19.9. The molecule has 2 aromatic heterocycles. The van der Waals surface area contributed by atoms with E-state index in [1.807, 2.05) is 51.1 Å². The second-order valence-corrected chi connectivity index (χ2v) is 10.8. The van der Waals surface area contributed by atoms with Crippen LogP contribution in [0.15, 0.2) is 55.0 Å². The highest BCUT2D eigenvalue weighted by atomic mass is 19.3. The predicted octanol–water partition coefficient (Wildman–Crippen LogP) is 6.50. The normalized spacial score (nSPS) is 15.3. The number of carbonyl (C=O) groups is 1. The number of alkyl halides is 3. The maximum Gasteiger partial charge on any atom is 0.410 e. The molecule has 224 valence electrons. The Balaban J connectivity index is 0.000000244. The van der Waals surface area contributed by atoms with Gasteiger partial charge in [0, 0.05) is 35.3 Å². The monoisotopic (exact) mass is 585 g/mol. The molecule has 3 heterocycles. The van der Waals surface area contributed by atoms with Crippen LogP contribution in [-0.4, -0.2) is 74.2 Å². The van der Waals surface area contributed by atoms with E-state index in [2.05, 4.69) is 15.1 Å². The van der Waals surface area contributed by atoms with Crippen LogP contribution in [0.5, 0.6) is 11.5 Å². The van der Waals surface area contributed by atoms with E-state index in [4.69, 9.17) is 9.47 Å². The third-order valence-electron chi connectivity index (χ3n) is 6.34. The molecule has 42 heavy (non-hydrogen) atoms. The van der Waals surface area contributed by atoms with Gasteiger partial charge < -0.3 is 19.5 Å². The van der Waals surface area contributed by atoms with Crippen LogP contribution in [0.4, 0.5) is 18.0 Å². The number of ether oxygens (including phenoxy) is 2. The van der Waals surface area contributed by atoms with Gasteiger partial charge in [-0.3, -0.25) is 4.68 Å². The molecule has 1 aliphatic heterocycles. The van der Waals surface area contributed by atoms with Crippen molar-refractivity contribution >= 4 is 17.0 Å². The Kier molecular flexibility index (Phi) is 9.54. The molecule has 1 aliphatic rings. The van der Waals surface area contributed by atoms with Crippen LogP contribution >= 0.6 is 0 Å². The second-order valence-electron chi connectivity index (χ2n) is 10.8. The Morgan fingerprint density at radius 3 is 2.52 bits per heavy atom. The van der Waals surface area contributed by atoms with Crippen molar-refractivity contribution in [1.82, 2.24) is 24.6 Å². The number of nitrogens with zero attached hydrogens (tertiary/aromatic N) is 5. The summed E-state index contributed by atoms with van der Waals surface area (Å²) in [6.45, 7) is 5.68. The maximum absolute atomic E-state index is 13.0. The lowest BCUT2D eigenvalue weighted by atomic mass is 10.0. The molecule has 0 radical (unpaired) electrons. The molecule has 2 aromatic carbocycles.